The SMILES string of the molecule is CCC(=C/c1sc2ccccc2[n+]1CCC(=O)O)/C=C1\Sc2ccccc2N1CCC(=O)[O-]. The average molecular weight is 481 g/mol. The Labute approximate surface area is 200 Å². The van der Waals surface area contributed by atoms with E-state index in [0.717, 1.165) is 42.8 Å². The number of aliphatic carboxylic acids is 2. The average Bonchev–Trinajstić information content (AvgIpc) is 3.32. The van der Waals surface area contributed by atoms with Crippen LogP contribution in [0, 0.1) is 0 Å². The van der Waals surface area contributed by atoms with Crippen molar-refractivity contribution in [1.82, 2.24) is 0 Å². The summed E-state index contributed by atoms with van der Waals surface area (Å²) in [6.07, 6.45) is 4.99. The van der Waals surface area contributed by atoms with Crippen molar-refractivity contribution in [3.05, 3.63) is 70.2 Å². The number of fused-ring (bicyclic) bond motifs is 2. The number of allylic oxidation sites excluding steroid dienone is 2. The van der Waals surface area contributed by atoms with Gasteiger partial charge in [0, 0.05) is 36.0 Å². The molecule has 8 heteroatoms. The first-order chi connectivity index (χ1) is 16.0. The fourth-order valence-corrected chi connectivity index (χ4v) is 6.09. The molecule has 3 aromatic rings. The molecule has 2 heterocycles. The molecular weight excluding hydrogens is 456 g/mol. The highest BCUT2D eigenvalue weighted by Gasteiger charge is 2.25. The van der Waals surface area contributed by atoms with Crippen molar-refractivity contribution < 1.29 is 24.4 Å². The molecule has 1 aromatic heterocycles. The van der Waals surface area contributed by atoms with Crippen LogP contribution in [0.2, 0.25) is 0 Å². The van der Waals surface area contributed by atoms with Gasteiger partial charge in [-0.25, -0.2) is 0 Å². The van der Waals surface area contributed by atoms with Gasteiger partial charge in [-0.05, 0) is 36.3 Å². The van der Waals surface area contributed by atoms with E-state index in [-0.39, 0.29) is 12.8 Å². The van der Waals surface area contributed by atoms with Gasteiger partial charge in [-0.15, -0.1) is 0 Å². The van der Waals surface area contributed by atoms with Crippen LogP contribution < -0.4 is 14.6 Å². The largest absolute Gasteiger partial charge is 0.550 e. The Bertz CT molecular complexity index is 1260. The van der Waals surface area contributed by atoms with E-state index in [4.69, 9.17) is 0 Å². The Morgan fingerprint density at radius 2 is 1.88 bits per heavy atom. The molecule has 0 amide bonds. The van der Waals surface area contributed by atoms with Gasteiger partial charge < -0.3 is 19.9 Å². The number of hydrogen-bond acceptors (Lipinski definition) is 6. The fourth-order valence-electron chi connectivity index (χ4n) is 3.76. The number of nitrogens with zero attached hydrogens (tertiary/aromatic N) is 2. The van der Waals surface area contributed by atoms with Gasteiger partial charge >= 0.3 is 5.97 Å². The zero-order valence-electron chi connectivity index (χ0n) is 18.2. The second-order valence-electron chi connectivity index (χ2n) is 7.60. The van der Waals surface area contributed by atoms with E-state index in [0.29, 0.717) is 13.1 Å². The van der Waals surface area contributed by atoms with Gasteiger partial charge in [-0.2, -0.15) is 4.57 Å². The molecule has 0 saturated heterocycles. The Morgan fingerprint density at radius 1 is 1.12 bits per heavy atom. The van der Waals surface area contributed by atoms with Gasteiger partial charge in [0.1, 0.15) is 11.1 Å². The maximum Gasteiger partial charge on any atom is 0.309 e. The number of thiazole rings is 1. The summed E-state index contributed by atoms with van der Waals surface area (Å²) in [6.45, 7) is 2.82. The molecule has 0 radical (unpaired) electrons. The smallest absolute Gasteiger partial charge is 0.309 e. The number of benzene rings is 2. The zero-order chi connectivity index (χ0) is 23.4. The fraction of sp³-hybridized carbons (Fsp3) is 0.240. The summed E-state index contributed by atoms with van der Waals surface area (Å²) in [4.78, 5) is 25.4. The number of rotatable bonds is 9. The monoisotopic (exact) mass is 480 g/mol. The molecule has 33 heavy (non-hydrogen) atoms. The lowest BCUT2D eigenvalue weighted by atomic mass is 10.2. The van der Waals surface area contributed by atoms with Crippen LogP contribution in [-0.2, 0) is 16.1 Å². The molecule has 0 saturated carbocycles. The first-order valence-corrected chi connectivity index (χ1v) is 12.4. The van der Waals surface area contributed by atoms with E-state index >= 15 is 0 Å². The van der Waals surface area contributed by atoms with Crippen molar-refractivity contribution in [3.63, 3.8) is 0 Å². The summed E-state index contributed by atoms with van der Waals surface area (Å²) in [5, 5.41) is 22.3. The van der Waals surface area contributed by atoms with E-state index in [1.165, 1.54) is 0 Å². The number of hydrogen-bond donors (Lipinski definition) is 1. The molecular formula is C25H24N2O4S2. The van der Waals surface area contributed by atoms with Crippen LogP contribution in [0.5, 0.6) is 0 Å². The molecule has 0 fully saturated rings. The minimum absolute atomic E-state index is 0.0525. The second kappa shape index (κ2) is 10.2. The lowest BCUT2D eigenvalue weighted by Gasteiger charge is -2.21. The highest BCUT2D eigenvalue weighted by molar-refractivity contribution is 8.03. The molecule has 6 nitrogen and oxygen atoms in total. The summed E-state index contributed by atoms with van der Waals surface area (Å²) in [6, 6.07) is 16.0. The quantitative estimate of drug-likeness (QED) is 0.465. The third kappa shape index (κ3) is 5.29. The van der Waals surface area contributed by atoms with Crippen molar-refractivity contribution >= 4 is 57.0 Å². The summed E-state index contributed by atoms with van der Waals surface area (Å²) < 4.78 is 3.17. The molecule has 0 aliphatic carbocycles. The molecule has 2 aromatic carbocycles. The van der Waals surface area contributed by atoms with E-state index in [1.807, 2.05) is 53.4 Å². The molecule has 1 aliphatic heterocycles. The van der Waals surface area contributed by atoms with E-state index in [1.54, 1.807) is 23.1 Å². The van der Waals surface area contributed by atoms with Crippen molar-refractivity contribution in [2.75, 3.05) is 11.4 Å². The Morgan fingerprint density at radius 3 is 2.64 bits per heavy atom. The Hall–Kier alpha value is -3.10. The number of para-hydroxylation sites is 2. The lowest BCUT2D eigenvalue weighted by molar-refractivity contribution is -0.667. The van der Waals surface area contributed by atoms with Gasteiger partial charge in [0.2, 0.25) is 5.52 Å². The number of carboxylic acids is 2. The van der Waals surface area contributed by atoms with Gasteiger partial charge in [-0.3, -0.25) is 4.79 Å². The first kappa shape index (κ1) is 23.1. The zero-order valence-corrected chi connectivity index (χ0v) is 19.8. The maximum absolute atomic E-state index is 11.2. The van der Waals surface area contributed by atoms with E-state index in [9.17, 15) is 19.8 Å². The van der Waals surface area contributed by atoms with Crippen LogP contribution in [0.4, 0.5) is 5.69 Å². The number of thioether (sulfide) groups is 1. The maximum atomic E-state index is 11.2. The van der Waals surface area contributed by atoms with Crippen molar-refractivity contribution in [1.29, 1.82) is 0 Å². The number of carbonyl (C=O) groups excluding carboxylic acids is 1. The molecule has 0 unspecified atom stereocenters. The molecule has 4 rings (SSSR count). The van der Waals surface area contributed by atoms with E-state index in [2.05, 4.69) is 23.6 Å². The molecule has 170 valence electrons. The minimum atomic E-state index is -1.07. The molecule has 1 aliphatic rings. The first-order valence-electron chi connectivity index (χ1n) is 10.8. The number of aryl methyl sites for hydroxylation is 1. The van der Waals surface area contributed by atoms with Crippen LogP contribution >= 0.6 is 23.1 Å². The minimum Gasteiger partial charge on any atom is -0.550 e. The Balaban J connectivity index is 1.72. The van der Waals surface area contributed by atoms with Crippen molar-refractivity contribution in [3.8, 4) is 0 Å². The molecule has 1 N–H and O–H groups in total. The molecule has 0 atom stereocenters. The van der Waals surface area contributed by atoms with Crippen LogP contribution in [0.15, 0.2) is 70.1 Å². The normalized spacial score (nSPS) is 14.8. The number of carbonyl (C=O) groups is 2. The van der Waals surface area contributed by atoms with Crippen molar-refractivity contribution in [2.45, 2.75) is 37.6 Å². The third-order valence-corrected chi connectivity index (χ3v) is 7.61. The standard InChI is InChI=1S/C25H24N2O4S2/c1-2-17(15-22-26(13-11-24(28)29)18-7-3-5-9-20(18)32-22)16-23-27(14-12-25(30)31)19-8-4-6-10-21(19)33-23/h3-10,15-16H,2,11-14H2,1H3,(H-,28,29,30,31). The predicted molar refractivity (Wildman–Crippen MR) is 130 cm³/mol. The highest BCUT2D eigenvalue weighted by Crippen LogP contribution is 2.46. The number of anilines is 1. The van der Waals surface area contributed by atoms with Crippen LogP contribution in [0.3, 0.4) is 0 Å². The van der Waals surface area contributed by atoms with Crippen LogP contribution in [0.1, 0.15) is 31.2 Å². The Kier molecular flexibility index (Phi) is 7.15. The van der Waals surface area contributed by atoms with Gasteiger partial charge in [0.25, 0.3) is 5.01 Å². The van der Waals surface area contributed by atoms with Gasteiger partial charge in [-0.1, -0.05) is 54.3 Å². The topological polar surface area (TPSA) is 84.5 Å². The lowest BCUT2D eigenvalue weighted by Crippen LogP contribution is -2.36. The summed E-state index contributed by atoms with van der Waals surface area (Å²) in [5.74, 6) is -1.89. The number of aromatic nitrogens is 1. The molecule has 0 spiro atoms. The summed E-state index contributed by atoms with van der Waals surface area (Å²) >= 11 is 3.26. The highest BCUT2D eigenvalue weighted by atomic mass is 32.2. The number of carboxylic acid groups (broad SMARTS) is 2. The second-order valence-corrected chi connectivity index (χ2v) is 9.73. The third-order valence-electron chi connectivity index (χ3n) is 5.39. The van der Waals surface area contributed by atoms with Crippen LogP contribution in [-0.4, -0.2) is 23.6 Å². The van der Waals surface area contributed by atoms with Gasteiger partial charge in [0.05, 0.1) is 10.7 Å². The van der Waals surface area contributed by atoms with E-state index < -0.39 is 11.9 Å². The van der Waals surface area contributed by atoms with Crippen LogP contribution in [0.25, 0.3) is 16.3 Å². The molecule has 0 bridgehead atoms. The summed E-state index contributed by atoms with van der Waals surface area (Å²) in [7, 11) is 0. The van der Waals surface area contributed by atoms with Gasteiger partial charge in [0.15, 0.2) is 6.54 Å². The predicted octanol–water partition coefficient (Wildman–Crippen LogP) is 4.05. The summed E-state index contributed by atoms with van der Waals surface area (Å²) in [5.41, 5.74) is 3.11. The van der Waals surface area contributed by atoms with Crippen molar-refractivity contribution in [2.24, 2.45) is 0 Å².